The first-order chi connectivity index (χ1) is 8.61. The van der Waals surface area contributed by atoms with E-state index >= 15 is 0 Å². The van der Waals surface area contributed by atoms with Crippen LogP contribution in [0.4, 0.5) is 17.2 Å². The van der Waals surface area contributed by atoms with Gasteiger partial charge in [-0.2, -0.15) is 5.10 Å². The van der Waals surface area contributed by atoms with Crippen molar-refractivity contribution >= 4 is 33.1 Å². The van der Waals surface area contributed by atoms with Crippen molar-refractivity contribution in [3.63, 3.8) is 0 Å². The number of nitrogens with zero attached hydrogens (tertiary/aromatic N) is 2. The van der Waals surface area contributed by atoms with E-state index in [1.54, 1.807) is 4.68 Å². The standard InChI is InChI=1S/C13H17BrN4/c1-3-5-11-12(15)13(18(2)17-11)16-10-7-4-6-9(14)8-10/h4,6-8,16H,3,5,15H2,1-2H3. The van der Waals surface area contributed by atoms with Crippen LogP contribution in [0.2, 0.25) is 0 Å². The van der Waals surface area contributed by atoms with Gasteiger partial charge in [0.1, 0.15) is 0 Å². The van der Waals surface area contributed by atoms with Gasteiger partial charge in [-0.15, -0.1) is 0 Å². The van der Waals surface area contributed by atoms with Crippen molar-refractivity contribution in [2.24, 2.45) is 7.05 Å². The van der Waals surface area contributed by atoms with Gasteiger partial charge in [0.2, 0.25) is 0 Å². The van der Waals surface area contributed by atoms with Crippen LogP contribution in [0, 0.1) is 0 Å². The van der Waals surface area contributed by atoms with Crippen LogP contribution in [0.1, 0.15) is 19.0 Å². The molecular weight excluding hydrogens is 292 g/mol. The molecule has 0 radical (unpaired) electrons. The van der Waals surface area contributed by atoms with E-state index in [4.69, 9.17) is 5.73 Å². The number of aryl methyl sites for hydroxylation is 2. The Labute approximate surface area is 115 Å². The molecule has 0 saturated carbocycles. The summed E-state index contributed by atoms with van der Waals surface area (Å²) in [5.74, 6) is 0.844. The fourth-order valence-electron chi connectivity index (χ4n) is 1.87. The Balaban J connectivity index is 2.29. The zero-order valence-electron chi connectivity index (χ0n) is 10.6. The summed E-state index contributed by atoms with van der Waals surface area (Å²) in [6.45, 7) is 2.12. The molecule has 5 heteroatoms. The molecular formula is C13H17BrN4. The van der Waals surface area contributed by atoms with Crippen LogP contribution in [-0.4, -0.2) is 9.78 Å². The topological polar surface area (TPSA) is 55.9 Å². The normalized spacial score (nSPS) is 10.6. The fourth-order valence-corrected chi connectivity index (χ4v) is 2.27. The monoisotopic (exact) mass is 308 g/mol. The van der Waals surface area contributed by atoms with Crippen molar-refractivity contribution in [1.29, 1.82) is 0 Å². The fraction of sp³-hybridized carbons (Fsp3) is 0.308. The summed E-state index contributed by atoms with van der Waals surface area (Å²) >= 11 is 3.45. The average molecular weight is 309 g/mol. The molecule has 0 bridgehead atoms. The summed E-state index contributed by atoms with van der Waals surface area (Å²) in [6, 6.07) is 7.97. The number of nitrogen functional groups attached to an aromatic ring is 1. The number of anilines is 3. The Morgan fingerprint density at radius 1 is 1.44 bits per heavy atom. The second-order valence-corrected chi connectivity index (χ2v) is 5.13. The number of hydrogen-bond acceptors (Lipinski definition) is 3. The number of rotatable bonds is 4. The third-order valence-corrected chi connectivity index (χ3v) is 3.23. The summed E-state index contributed by atoms with van der Waals surface area (Å²) in [5, 5.41) is 7.74. The van der Waals surface area contributed by atoms with Crippen LogP contribution in [0.3, 0.4) is 0 Å². The number of hydrogen-bond donors (Lipinski definition) is 2. The molecule has 0 aliphatic carbocycles. The second kappa shape index (κ2) is 5.44. The van der Waals surface area contributed by atoms with Gasteiger partial charge in [-0.1, -0.05) is 35.3 Å². The van der Waals surface area contributed by atoms with Gasteiger partial charge in [-0.05, 0) is 24.6 Å². The predicted octanol–water partition coefficient (Wildman–Crippen LogP) is 3.46. The number of halogens is 1. The van der Waals surface area contributed by atoms with Crippen molar-refractivity contribution < 1.29 is 0 Å². The molecule has 18 heavy (non-hydrogen) atoms. The minimum Gasteiger partial charge on any atom is -0.394 e. The van der Waals surface area contributed by atoms with Gasteiger partial charge in [0.05, 0.1) is 11.4 Å². The zero-order valence-corrected chi connectivity index (χ0v) is 12.2. The lowest BCUT2D eigenvalue weighted by molar-refractivity contribution is 0.740. The summed E-state index contributed by atoms with van der Waals surface area (Å²) in [6.07, 6.45) is 1.94. The highest BCUT2D eigenvalue weighted by atomic mass is 79.9. The molecule has 0 atom stereocenters. The molecule has 1 aromatic heterocycles. The summed E-state index contributed by atoms with van der Waals surface area (Å²) < 4.78 is 2.82. The van der Waals surface area contributed by atoms with Crippen LogP contribution in [0.15, 0.2) is 28.7 Å². The SMILES string of the molecule is CCCc1nn(C)c(Nc2cccc(Br)c2)c1N. The van der Waals surface area contributed by atoms with Gasteiger partial charge in [-0.3, -0.25) is 4.68 Å². The van der Waals surface area contributed by atoms with E-state index in [9.17, 15) is 0 Å². The molecule has 0 spiro atoms. The van der Waals surface area contributed by atoms with Crippen molar-refractivity contribution in [3.8, 4) is 0 Å². The lowest BCUT2D eigenvalue weighted by Gasteiger charge is -2.08. The molecule has 0 amide bonds. The van der Waals surface area contributed by atoms with Crippen LogP contribution >= 0.6 is 15.9 Å². The van der Waals surface area contributed by atoms with Crippen molar-refractivity contribution in [3.05, 3.63) is 34.4 Å². The highest BCUT2D eigenvalue weighted by Crippen LogP contribution is 2.27. The van der Waals surface area contributed by atoms with Gasteiger partial charge in [0, 0.05) is 17.2 Å². The molecule has 0 saturated heterocycles. The molecule has 0 unspecified atom stereocenters. The third kappa shape index (κ3) is 2.67. The third-order valence-electron chi connectivity index (χ3n) is 2.73. The van der Waals surface area contributed by atoms with Crippen molar-refractivity contribution in [1.82, 2.24) is 9.78 Å². The summed E-state index contributed by atoms with van der Waals surface area (Å²) in [4.78, 5) is 0. The molecule has 3 N–H and O–H groups in total. The Kier molecular flexibility index (Phi) is 3.91. The summed E-state index contributed by atoms with van der Waals surface area (Å²) in [5.41, 5.74) is 8.80. The largest absolute Gasteiger partial charge is 0.394 e. The zero-order chi connectivity index (χ0) is 13.1. The van der Waals surface area contributed by atoms with Crippen molar-refractivity contribution in [2.45, 2.75) is 19.8 Å². The molecule has 1 heterocycles. The first-order valence-corrected chi connectivity index (χ1v) is 6.75. The molecule has 0 aliphatic rings. The number of benzene rings is 1. The van der Waals surface area contributed by atoms with E-state index in [0.29, 0.717) is 0 Å². The predicted molar refractivity (Wildman–Crippen MR) is 79.0 cm³/mol. The maximum absolute atomic E-state index is 6.12. The molecule has 2 rings (SSSR count). The smallest absolute Gasteiger partial charge is 0.152 e. The molecule has 0 aliphatic heterocycles. The molecule has 2 aromatic rings. The Bertz CT molecular complexity index is 548. The molecule has 96 valence electrons. The number of aromatic nitrogens is 2. The first-order valence-electron chi connectivity index (χ1n) is 5.95. The highest BCUT2D eigenvalue weighted by Gasteiger charge is 2.12. The van der Waals surface area contributed by atoms with E-state index in [0.717, 1.165) is 40.2 Å². The van der Waals surface area contributed by atoms with E-state index in [-0.39, 0.29) is 0 Å². The van der Waals surface area contributed by atoms with Crippen LogP contribution in [0.25, 0.3) is 0 Å². The Hall–Kier alpha value is -1.49. The average Bonchev–Trinajstić information content (AvgIpc) is 2.58. The Morgan fingerprint density at radius 3 is 2.89 bits per heavy atom. The van der Waals surface area contributed by atoms with Gasteiger partial charge >= 0.3 is 0 Å². The minimum atomic E-state index is 0.735. The maximum Gasteiger partial charge on any atom is 0.152 e. The van der Waals surface area contributed by atoms with E-state index in [1.807, 2.05) is 31.3 Å². The van der Waals surface area contributed by atoms with E-state index < -0.39 is 0 Å². The minimum absolute atomic E-state index is 0.735. The van der Waals surface area contributed by atoms with Gasteiger partial charge in [0.15, 0.2) is 5.82 Å². The highest BCUT2D eigenvalue weighted by molar-refractivity contribution is 9.10. The second-order valence-electron chi connectivity index (χ2n) is 4.22. The van der Waals surface area contributed by atoms with E-state index in [2.05, 4.69) is 33.3 Å². The molecule has 1 aromatic carbocycles. The molecule has 0 fully saturated rings. The number of nitrogens with one attached hydrogen (secondary N) is 1. The number of nitrogens with two attached hydrogens (primary N) is 1. The first kappa shape index (κ1) is 13.0. The lowest BCUT2D eigenvalue weighted by Crippen LogP contribution is -2.01. The van der Waals surface area contributed by atoms with Gasteiger partial charge in [0.25, 0.3) is 0 Å². The maximum atomic E-state index is 6.12. The molecule has 4 nitrogen and oxygen atoms in total. The van der Waals surface area contributed by atoms with Crippen LogP contribution in [-0.2, 0) is 13.5 Å². The Morgan fingerprint density at radius 2 is 2.22 bits per heavy atom. The summed E-state index contributed by atoms with van der Waals surface area (Å²) in [7, 11) is 1.90. The lowest BCUT2D eigenvalue weighted by atomic mass is 10.2. The van der Waals surface area contributed by atoms with Crippen LogP contribution in [0.5, 0.6) is 0 Å². The van der Waals surface area contributed by atoms with Crippen molar-refractivity contribution in [2.75, 3.05) is 11.1 Å². The van der Waals surface area contributed by atoms with Crippen LogP contribution < -0.4 is 11.1 Å². The van der Waals surface area contributed by atoms with E-state index in [1.165, 1.54) is 0 Å². The van der Waals surface area contributed by atoms with Gasteiger partial charge in [-0.25, -0.2) is 0 Å². The quantitative estimate of drug-likeness (QED) is 0.909. The van der Waals surface area contributed by atoms with Gasteiger partial charge < -0.3 is 11.1 Å².